The summed E-state index contributed by atoms with van der Waals surface area (Å²) in [6.07, 6.45) is 37.3. The fraction of sp³-hybridized carbons (Fsp3) is 0.951. The van der Waals surface area contributed by atoms with Crippen molar-refractivity contribution < 1.29 is 42.7 Å². The summed E-state index contributed by atoms with van der Waals surface area (Å²) in [5, 5.41) is 8.87. The molecule has 0 aromatic rings. The SMILES string of the molecule is CCCCCCCCCCCCCCCCCCCCCCOCC(COP(=O)(O)OCC(N)C(=O)O)OC(=O)CCCCCCCCCCCC. The fourth-order valence-electron chi connectivity index (χ4n) is 6.25. The molecule has 11 heteroatoms. The number of aliphatic carboxylic acids is 1. The number of phosphoric ester groups is 1. The van der Waals surface area contributed by atoms with Gasteiger partial charge in [0.2, 0.25) is 0 Å². The molecule has 52 heavy (non-hydrogen) atoms. The van der Waals surface area contributed by atoms with Gasteiger partial charge in [-0.2, -0.15) is 0 Å². The summed E-state index contributed by atoms with van der Waals surface area (Å²) in [5.41, 5.74) is 5.34. The number of unbranched alkanes of at least 4 members (excludes halogenated alkanes) is 28. The molecule has 4 N–H and O–H groups in total. The highest BCUT2D eigenvalue weighted by atomic mass is 31.2. The Morgan fingerprint density at radius 1 is 0.538 bits per heavy atom. The maximum absolute atomic E-state index is 12.5. The van der Waals surface area contributed by atoms with Crippen LogP contribution in [-0.2, 0) is 32.7 Å². The summed E-state index contributed by atoms with van der Waals surface area (Å²) in [6, 6.07) is -1.47. The molecule has 0 radical (unpaired) electrons. The van der Waals surface area contributed by atoms with Gasteiger partial charge in [0, 0.05) is 13.0 Å². The van der Waals surface area contributed by atoms with Gasteiger partial charge >= 0.3 is 19.8 Å². The number of carbonyl (C=O) groups is 2. The Kier molecular flexibility index (Phi) is 37.5. The van der Waals surface area contributed by atoms with Crippen LogP contribution in [0.2, 0.25) is 0 Å². The zero-order chi connectivity index (χ0) is 38.4. The van der Waals surface area contributed by atoms with Gasteiger partial charge in [0.1, 0.15) is 12.1 Å². The minimum absolute atomic E-state index is 0.0253. The highest BCUT2D eigenvalue weighted by Crippen LogP contribution is 2.43. The van der Waals surface area contributed by atoms with Crippen LogP contribution in [0, 0.1) is 0 Å². The number of phosphoric acid groups is 1. The Bertz CT molecular complexity index is 847. The van der Waals surface area contributed by atoms with Crippen LogP contribution in [-0.4, -0.2) is 60.5 Å². The molecule has 0 amide bonds. The van der Waals surface area contributed by atoms with Crippen LogP contribution >= 0.6 is 7.82 Å². The fourth-order valence-corrected chi connectivity index (χ4v) is 7.03. The molecule has 0 aromatic heterocycles. The lowest BCUT2D eigenvalue weighted by atomic mass is 10.0. The van der Waals surface area contributed by atoms with Gasteiger partial charge in [0.15, 0.2) is 0 Å². The second-order valence-corrected chi connectivity index (χ2v) is 16.3. The van der Waals surface area contributed by atoms with E-state index in [-0.39, 0.29) is 13.0 Å². The number of carbonyl (C=O) groups excluding carboxylic acids is 1. The summed E-state index contributed by atoms with van der Waals surface area (Å²) in [6.45, 7) is 3.90. The van der Waals surface area contributed by atoms with Gasteiger partial charge < -0.3 is 25.2 Å². The lowest BCUT2D eigenvalue weighted by Crippen LogP contribution is -2.34. The van der Waals surface area contributed by atoms with E-state index in [0.29, 0.717) is 6.61 Å². The molecule has 0 saturated heterocycles. The first-order valence-electron chi connectivity index (χ1n) is 21.6. The maximum atomic E-state index is 12.5. The number of hydrogen-bond donors (Lipinski definition) is 3. The number of rotatable bonds is 42. The molecule has 310 valence electrons. The van der Waals surface area contributed by atoms with E-state index < -0.39 is 45.1 Å². The third-order valence-electron chi connectivity index (χ3n) is 9.64. The normalized spacial score (nSPS) is 13.9. The number of hydrogen-bond acceptors (Lipinski definition) is 8. The van der Waals surface area contributed by atoms with Crippen LogP contribution in [0.4, 0.5) is 0 Å². The average Bonchev–Trinajstić information content (AvgIpc) is 3.12. The van der Waals surface area contributed by atoms with E-state index in [4.69, 9.17) is 29.4 Å². The molecule has 3 unspecified atom stereocenters. The molecule has 0 saturated carbocycles. The molecule has 0 aliphatic heterocycles. The topological polar surface area (TPSA) is 155 Å². The Morgan fingerprint density at radius 2 is 0.885 bits per heavy atom. The highest BCUT2D eigenvalue weighted by Gasteiger charge is 2.27. The molecule has 0 heterocycles. The molecule has 3 atom stereocenters. The zero-order valence-electron chi connectivity index (χ0n) is 33.7. The maximum Gasteiger partial charge on any atom is 0.472 e. The second kappa shape index (κ2) is 38.3. The molecule has 0 aliphatic carbocycles. The van der Waals surface area contributed by atoms with Crippen molar-refractivity contribution >= 4 is 19.8 Å². The minimum Gasteiger partial charge on any atom is -0.480 e. The predicted molar refractivity (Wildman–Crippen MR) is 213 cm³/mol. The average molecular weight is 764 g/mol. The molecule has 0 fully saturated rings. The van der Waals surface area contributed by atoms with Crippen LogP contribution in [0.25, 0.3) is 0 Å². The van der Waals surface area contributed by atoms with Gasteiger partial charge in [0.05, 0.1) is 19.8 Å². The quantitative estimate of drug-likeness (QED) is 0.0311. The zero-order valence-corrected chi connectivity index (χ0v) is 34.6. The Balaban J connectivity index is 4.09. The standard InChI is InChI=1S/C41H82NO9P/c1-3-5-7-9-11-13-15-16-17-18-19-20-21-22-23-24-26-28-30-32-34-48-35-38(36-49-52(46,47)50-37-39(42)41(44)45)51-40(43)33-31-29-27-25-14-12-10-8-6-4-2/h38-39H,3-37,42H2,1-2H3,(H,44,45)(H,46,47). The van der Waals surface area contributed by atoms with Crippen molar-refractivity contribution in [3.05, 3.63) is 0 Å². The summed E-state index contributed by atoms with van der Waals surface area (Å²) < 4.78 is 33.3. The summed E-state index contributed by atoms with van der Waals surface area (Å²) >= 11 is 0. The lowest BCUT2D eigenvalue weighted by Gasteiger charge is -2.20. The Labute approximate surface area is 319 Å². The van der Waals surface area contributed by atoms with E-state index in [0.717, 1.165) is 38.5 Å². The van der Waals surface area contributed by atoms with Crippen molar-refractivity contribution in [2.45, 2.75) is 225 Å². The molecular weight excluding hydrogens is 681 g/mol. The number of nitrogens with two attached hydrogens (primary N) is 1. The van der Waals surface area contributed by atoms with Crippen LogP contribution in [0.15, 0.2) is 0 Å². The van der Waals surface area contributed by atoms with Crippen molar-refractivity contribution in [2.24, 2.45) is 5.73 Å². The monoisotopic (exact) mass is 764 g/mol. The molecule has 0 rings (SSSR count). The van der Waals surface area contributed by atoms with Crippen molar-refractivity contribution in [3.8, 4) is 0 Å². The number of carboxylic acids is 1. The Morgan fingerprint density at radius 3 is 1.27 bits per heavy atom. The summed E-state index contributed by atoms with van der Waals surface area (Å²) in [5.74, 6) is -1.77. The molecule has 0 bridgehead atoms. The summed E-state index contributed by atoms with van der Waals surface area (Å²) in [4.78, 5) is 33.4. The van der Waals surface area contributed by atoms with E-state index in [1.165, 1.54) is 154 Å². The Hall–Kier alpha value is -1.03. The largest absolute Gasteiger partial charge is 0.480 e. The van der Waals surface area contributed by atoms with Gasteiger partial charge in [0.25, 0.3) is 0 Å². The first-order valence-corrected chi connectivity index (χ1v) is 23.1. The summed E-state index contributed by atoms with van der Waals surface area (Å²) in [7, 11) is -4.60. The van der Waals surface area contributed by atoms with E-state index in [1.54, 1.807) is 0 Å². The van der Waals surface area contributed by atoms with Gasteiger partial charge in [-0.25, -0.2) is 4.57 Å². The van der Waals surface area contributed by atoms with Crippen LogP contribution in [0.1, 0.15) is 213 Å². The molecule has 10 nitrogen and oxygen atoms in total. The second-order valence-electron chi connectivity index (χ2n) is 14.8. The molecule has 0 spiro atoms. The molecule has 0 aromatic carbocycles. The smallest absolute Gasteiger partial charge is 0.472 e. The van der Waals surface area contributed by atoms with Crippen LogP contribution in [0.5, 0.6) is 0 Å². The molecular formula is C41H82NO9P. The van der Waals surface area contributed by atoms with Crippen LogP contribution in [0.3, 0.4) is 0 Å². The van der Waals surface area contributed by atoms with Crippen LogP contribution < -0.4 is 5.73 Å². The number of carboxylic acid groups (broad SMARTS) is 1. The van der Waals surface area contributed by atoms with E-state index >= 15 is 0 Å². The number of esters is 1. The van der Waals surface area contributed by atoms with Crippen molar-refractivity contribution in [1.29, 1.82) is 0 Å². The van der Waals surface area contributed by atoms with E-state index in [9.17, 15) is 19.0 Å². The first-order chi connectivity index (χ1) is 25.2. The van der Waals surface area contributed by atoms with E-state index in [1.807, 2.05) is 0 Å². The van der Waals surface area contributed by atoms with Gasteiger partial charge in [-0.05, 0) is 12.8 Å². The van der Waals surface area contributed by atoms with E-state index in [2.05, 4.69) is 13.8 Å². The lowest BCUT2D eigenvalue weighted by molar-refractivity contribution is -0.154. The minimum atomic E-state index is -4.60. The third kappa shape index (κ3) is 37.3. The van der Waals surface area contributed by atoms with Gasteiger partial charge in [-0.3, -0.25) is 18.6 Å². The predicted octanol–water partition coefficient (Wildman–Crippen LogP) is 11.6. The van der Waals surface area contributed by atoms with Gasteiger partial charge in [-0.15, -0.1) is 0 Å². The van der Waals surface area contributed by atoms with Crippen molar-refractivity contribution in [1.82, 2.24) is 0 Å². The van der Waals surface area contributed by atoms with Crippen molar-refractivity contribution in [3.63, 3.8) is 0 Å². The molecule has 0 aliphatic rings. The third-order valence-corrected chi connectivity index (χ3v) is 10.6. The van der Waals surface area contributed by atoms with Crippen molar-refractivity contribution in [2.75, 3.05) is 26.4 Å². The highest BCUT2D eigenvalue weighted by molar-refractivity contribution is 7.47. The van der Waals surface area contributed by atoms with Gasteiger partial charge in [-0.1, -0.05) is 194 Å². The number of ether oxygens (including phenoxy) is 2. The first kappa shape index (κ1) is 51.0.